The molecule has 2 aliphatic heterocycles. The third kappa shape index (κ3) is 3.99. The minimum Gasteiger partial charge on any atom is -0.356 e. The normalized spacial score (nSPS) is 24.2. The summed E-state index contributed by atoms with van der Waals surface area (Å²) in [5.41, 5.74) is 0.955. The zero-order valence-electron chi connectivity index (χ0n) is 18.3. The van der Waals surface area contributed by atoms with Gasteiger partial charge in [0.2, 0.25) is 0 Å². The van der Waals surface area contributed by atoms with Crippen LogP contribution >= 0.6 is 24.0 Å². The first-order valence-electron chi connectivity index (χ1n) is 11.6. The summed E-state index contributed by atoms with van der Waals surface area (Å²) in [5, 5.41) is 0. The second-order valence-corrected chi connectivity index (χ2v) is 10.8. The van der Waals surface area contributed by atoms with Gasteiger partial charge in [0.15, 0.2) is 0 Å². The van der Waals surface area contributed by atoms with Gasteiger partial charge in [-0.25, -0.2) is 4.98 Å². The molecule has 1 atom stereocenters. The van der Waals surface area contributed by atoms with Gasteiger partial charge in [-0.1, -0.05) is 56.2 Å². The molecule has 1 unspecified atom stereocenters. The van der Waals surface area contributed by atoms with Crippen LogP contribution in [0.15, 0.2) is 34.1 Å². The number of carbonyl (C=O) groups excluding carboxylic acids is 1. The van der Waals surface area contributed by atoms with Crippen molar-refractivity contribution in [2.24, 2.45) is 5.92 Å². The van der Waals surface area contributed by atoms with Gasteiger partial charge in [0, 0.05) is 25.3 Å². The Bertz CT molecular complexity index is 1150. The number of hydrogen-bond donors (Lipinski definition) is 0. The Morgan fingerprint density at radius 1 is 1.12 bits per heavy atom. The molecule has 0 spiro atoms. The topological polar surface area (TPSA) is 57.9 Å². The average Bonchev–Trinajstić information content (AvgIpc) is 3.09. The number of fused-ring (bicyclic) bond motifs is 1. The van der Waals surface area contributed by atoms with E-state index in [1.54, 1.807) is 21.6 Å². The van der Waals surface area contributed by atoms with Gasteiger partial charge >= 0.3 is 0 Å². The Hall–Kier alpha value is -2.19. The van der Waals surface area contributed by atoms with Gasteiger partial charge in [0.25, 0.3) is 11.5 Å². The third-order valence-electron chi connectivity index (χ3n) is 6.74. The molecule has 0 radical (unpaired) electrons. The summed E-state index contributed by atoms with van der Waals surface area (Å²) in [6, 6.07) is 5.75. The Kier molecular flexibility index (Phi) is 6.07. The van der Waals surface area contributed by atoms with E-state index < -0.39 is 0 Å². The van der Waals surface area contributed by atoms with Gasteiger partial charge in [-0.05, 0) is 49.8 Å². The highest BCUT2D eigenvalue weighted by Gasteiger charge is 2.38. The van der Waals surface area contributed by atoms with Crippen LogP contribution in [-0.2, 0) is 4.79 Å². The van der Waals surface area contributed by atoms with Crippen molar-refractivity contribution in [2.75, 3.05) is 18.0 Å². The minimum absolute atomic E-state index is 0.0672. The largest absolute Gasteiger partial charge is 0.356 e. The molecule has 1 saturated carbocycles. The standard InChI is InChI=1S/C24H28N4O2S2/c1-16-8-7-12-26(15-16)21-18(22(29)27-13-6-5-11-20(27)25-21)14-19-23(30)28(24(31)32-19)17-9-3-2-4-10-17/h5-6,11,13-14,16-17H,2-4,7-10,12,15H2,1H3. The molecule has 4 heterocycles. The molecular weight excluding hydrogens is 440 g/mol. The molecule has 5 rings (SSSR count). The molecule has 2 aromatic rings. The van der Waals surface area contributed by atoms with Crippen molar-refractivity contribution in [3.63, 3.8) is 0 Å². The van der Waals surface area contributed by atoms with Crippen LogP contribution in [0.25, 0.3) is 11.7 Å². The van der Waals surface area contributed by atoms with Gasteiger partial charge in [0.05, 0.1) is 10.5 Å². The van der Waals surface area contributed by atoms with Crippen molar-refractivity contribution >= 4 is 51.7 Å². The number of pyridine rings is 1. The molecule has 3 fully saturated rings. The average molecular weight is 469 g/mol. The van der Waals surface area contributed by atoms with Gasteiger partial charge < -0.3 is 4.90 Å². The Morgan fingerprint density at radius 2 is 1.94 bits per heavy atom. The van der Waals surface area contributed by atoms with Gasteiger partial charge in [-0.2, -0.15) is 0 Å². The van der Waals surface area contributed by atoms with Crippen molar-refractivity contribution in [3.8, 4) is 0 Å². The van der Waals surface area contributed by atoms with E-state index in [0.29, 0.717) is 32.2 Å². The number of rotatable bonds is 3. The maximum Gasteiger partial charge on any atom is 0.267 e. The molecule has 32 heavy (non-hydrogen) atoms. The van der Waals surface area contributed by atoms with Crippen LogP contribution in [0.5, 0.6) is 0 Å². The number of hydrogen-bond acceptors (Lipinski definition) is 6. The fourth-order valence-electron chi connectivity index (χ4n) is 5.11. The lowest BCUT2D eigenvalue weighted by Gasteiger charge is -2.32. The van der Waals surface area contributed by atoms with Crippen molar-refractivity contribution in [1.82, 2.24) is 14.3 Å². The van der Waals surface area contributed by atoms with Crippen molar-refractivity contribution in [3.05, 3.63) is 45.2 Å². The van der Waals surface area contributed by atoms with Crippen molar-refractivity contribution < 1.29 is 4.79 Å². The van der Waals surface area contributed by atoms with Crippen LogP contribution in [0.1, 0.15) is 57.4 Å². The summed E-state index contributed by atoms with van der Waals surface area (Å²) >= 11 is 6.91. The van der Waals surface area contributed by atoms with E-state index in [1.807, 2.05) is 18.2 Å². The number of nitrogens with zero attached hydrogens (tertiary/aromatic N) is 4. The lowest BCUT2D eigenvalue weighted by atomic mass is 9.94. The number of carbonyl (C=O) groups is 1. The first-order chi connectivity index (χ1) is 15.5. The zero-order valence-corrected chi connectivity index (χ0v) is 20.0. The molecule has 2 aromatic heterocycles. The van der Waals surface area contributed by atoms with Crippen molar-refractivity contribution in [2.45, 2.75) is 57.9 Å². The number of thioether (sulfide) groups is 1. The Balaban J connectivity index is 1.58. The molecule has 1 aliphatic carbocycles. The van der Waals surface area contributed by atoms with E-state index in [2.05, 4.69) is 11.8 Å². The number of anilines is 1. The van der Waals surface area contributed by atoms with Crippen LogP contribution in [0, 0.1) is 5.92 Å². The predicted octanol–water partition coefficient (Wildman–Crippen LogP) is 4.46. The molecule has 0 N–H and O–H groups in total. The minimum atomic E-state index is -0.147. The lowest BCUT2D eigenvalue weighted by molar-refractivity contribution is -0.124. The quantitative estimate of drug-likeness (QED) is 0.490. The molecule has 0 bridgehead atoms. The second-order valence-electron chi connectivity index (χ2n) is 9.12. The van der Waals surface area contributed by atoms with Crippen molar-refractivity contribution in [1.29, 1.82) is 0 Å². The number of thiocarbonyl (C=S) groups is 1. The highest BCUT2D eigenvalue weighted by atomic mass is 32.2. The maximum absolute atomic E-state index is 13.5. The highest BCUT2D eigenvalue weighted by Crippen LogP contribution is 2.38. The molecule has 2 saturated heterocycles. The van der Waals surface area contributed by atoms with E-state index in [-0.39, 0.29) is 17.5 Å². The number of aromatic nitrogens is 2. The van der Waals surface area contributed by atoms with Crippen LogP contribution in [0.2, 0.25) is 0 Å². The number of piperidine rings is 1. The summed E-state index contributed by atoms with van der Waals surface area (Å²) in [5.74, 6) is 1.15. The first-order valence-corrected chi connectivity index (χ1v) is 12.8. The zero-order chi connectivity index (χ0) is 22.2. The third-order valence-corrected chi connectivity index (χ3v) is 8.07. The van der Waals surface area contributed by atoms with Gasteiger partial charge in [0.1, 0.15) is 15.8 Å². The van der Waals surface area contributed by atoms with E-state index in [1.165, 1.54) is 24.6 Å². The highest BCUT2D eigenvalue weighted by molar-refractivity contribution is 8.26. The Labute approximate surface area is 197 Å². The molecule has 1 amide bonds. The van der Waals surface area contributed by atoms with E-state index in [9.17, 15) is 9.59 Å². The summed E-state index contributed by atoms with van der Waals surface area (Å²) in [4.78, 5) is 36.2. The summed E-state index contributed by atoms with van der Waals surface area (Å²) in [6.45, 7) is 3.96. The lowest BCUT2D eigenvalue weighted by Crippen LogP contribution is -2.39. The number of amides is 1. The van der Waals surface area contributed by atoms with Crippen LogP contribution < -0.4 is 10.5 Å². The second kappa shape index (κ2) is 8.98. The van der Waals surface area contributed by atoms with Gasteiger partial charge in [-0.15, -0.1) is 0 Å². The fourth-order valence-corrected chi connectivity index (χ4v) is 6.49. The molecule has 3 aliphatic rings. The van der Waals surface area contributed by atoms with Crippen LogP contribution in [0.4, 0.5) is 5.82 Å². The monoisotopic (exact) mass is 468 g/mol. The maximum atomic E-state index is 13.5. The molecule has 6 nitrogen and oxygen atoms in total. The molecule has 0 aromatic carbocycles. The van der Waals surface area contributed by atoms with Crippen LogP contribution in [-0.4, -0.2) is 43.6 Å². The fraction of sp³-hybridized carbons (Fsp3) is 0.500. The Morgan fingerprint density at radius 3 is 2.72 bits per heavy atom. The predicted molar refractivity (Wildman–Crippen MR) is 134 cm³/mol. The van der Waals surface area contributed by atoms with E-state index in [0.717, 1.165) is 45.2 Å². The molecule has 8 heteroatoms. The SMILES string of the molecule is CC1CCCN(c2nc3ccccn3c(=O)c2C=C2SC(=S)N(C3CCCCC3)C2=O)C1. The molecule has 168 valence electrons. The first kappa shape index (κ1) is 21.6. The van der Waals surface area contributed by atoms with Crippen LogP contribution in [0.3, 0.4) is 0 Å². The van der Waals surface area contributed by atoms with E-state index in [4.69, 9.17) is 17.2 Å². The molecular formula is C24H28N4O2S2. The smallest absolute Gasteiger partial charge is 0.267 e. The summed E-state index contributed by atoms with van der Waals surface area (Å²) < 4.78 is 2.17. The summed E-state index contributed by atoms with van der Waals surface area (Å²) in [6.07, 6.45) is 11.2. The van der Waals surface area contributed by atoms with Gasteiger partial charge in [-0.3, -0.25) is 18.9 Å². The van der Waals surface area contributed by atoms with E-state index >= 15 is 0 Å². The summed E-state index contributed by atoms with van der Waals surface area (Å²) in [7, 11) is 0.